The highest BCUT2D eigenvalue weighted by Crippen LogP contribution is 2.21. The molecule has 15 heavy (non-hydrogen) atoms. The van der Waals surface area contributed by atoms with Crippen LogP contribution in [-0.4, -0.2) is 43.2 Å². The van der Waals surface area contributed by atoms with E-state index in [1.807, 2.05) is 0 Å². The van der Waals surface area contributed by atoms with Gasteiger partial charge in [0, 0.05) is 27.4 Å². The lowest BCUT2D eigenvalue weighted by Gasteiger charge is -2.28. The van der Waals surface area contributed by atoms with Gasteiger partial charge >= 0.3 is 8.80 Å². The van der Waals surface area contributed by atoms with Gasteiger partial charge in [-0.2, -0.15) is 0 Å². The Hall–Kier alpha value is 0.0169. The Morgan fingerprint density at radius 1 is 1.07 bits per heavy atom. The van der Waals surface area contributed by atoms with Crippen molar-refractivity contribution in [2.75, 3.05) is 34.4 Å². The van der Waals surface area contributed by atoms with Crippen molar-refractivity contribution in [1.82, 2.24) is 0 Å². The second-order valence-electron chi connectivity index (χ2n) is 3.53. The fourth-order valence-corrected chi connectivity index (χ4v) is 3.64. The highest BCUT2D eigenvalue weighted by molar-refractivity contribution is 6.60. The third kappa shape index (κ3) is 5.05. The van der Waals surface area contributed by atoms with Crippen LogP contribution in [0.5, 0.6) is 0 Å². The molecule has 0 aromatic carbocycles. The molecule has 0 heterocycles. The standard InChI is InChI=1S/C9H24N2O3Si/c1-12-15(13-2,14-3)8-9(7-11)5-4-6-10/h9H,4-8,10-11H2,1-3H3. The van der Waals surface area contributed by atoms with E-state index < -0.39 is 8.80 Å². The molecule has 0 aromatic heterocycles. The van der Waals surface area contributed by atoms with Gasteiger partial charge in [0.1, 0.15) is 0 Å². The van der Waals surface area contributed by atoms with Gasteiger partial charge in [-0.1, -0.05) is 0 Å². The van der Waals surface area contributed by atoms with Crippen LogP contribution in [-0.2, 0) is 13.3 Å². The third-order valence-electron chi connectivity index (χ3n) is 2.62. The Labute approximate surface area is 93.4 Å². The summed E-state index contributed by atoms with van der Waals surface area (Å²) in [6.45, 7) is 1.31. The molecule has 0 radical (unpaired) electrons. The van der Waals surface area contributed by atoms with E-state index in [4.69, 9.17) is 24.7 Å². The molecule has 0 aromatic rings. The van der Waals surface area contributed by atoms with Crippen molar-refractivity contribution in [2.45, 2.75) is 18.9 Å². The Balaban J connectivity index is 4.21. The van der Waals surface area contributed by atoms with Gasteiger partial charge in [-0.15, -0.1) is 0 Å². The van der Waals surface area contributed by atoms with Gasteiger partial charge in [-0.05, 0) is 31.8 Å². The molecule has 0 spiro atoms. The van der Waals surface area contributed by atoms with Crippen LogP contribution >= 0.6 is 0 Å². The molecule has 0 bridgehead atoms. The van der Waals surface area contributed by atoms with Crippen molar-refractivity contribution in [2.24, 2.45) is 17.4 Å². The van der Waals surface area contributed by atoms with E-state index in [1.54, 1.807) is 21.3 Å². The fourth-order valence-electron chi connectivity index (χ4n) is 1.56. The largest absolute Gasteiger partial charge is 0.500 e. The maximum atomic E-state index is 5.70. The molecule has 0 rings (SSSR count). The summed E-state index contributed by atoms with van der Waals surface area (Å²) in [5, 5.41) is 0. The molecular formula is C9H24N2O3Si. The fraction of sp³-hybridized carbons (Fsp3) is 1.00. The van der Waals surface area contributed by atoms with Gasteiger partial charge in [0.2, 0.25) is 0 Å². The molecule has 5 nitrogen and oxygen atoms in total. The SMILES string of the molecule is CO[Si](CC(CN)CCCN)(OC)OC. The van der Waals surface area contributed by atoms with Gasteiger partial charge in [-0.3, -0.25) is 0 Å². The molecule has 0 saturated carbocycles. The maximum absolute atomic E-state index is 5.70. The second kappa shape index (κ2) is 8.20. The lowest BCUT2D eigenvalue weighted by Crippen LogP contribution is -2.45. The smallest absolute Gasteiger partial charge is 0.377 e. The van der Waals surface area contributed by atoms with E-state index >= 15 is 0 Å². The lowest BCUT2D eigenvalue weighted by atomic mass is 10.1. The quantitative estimate of drug-likeness (QED) is 0.558. The molecule has 6 heteroatoms. The first-order valence-corrected chi connectivity index (χ1v) is 7.16. The Bertz CT molecular complexity index is 148. The predicted molar refractivity (Wildman–Crippen MR) is 62.4 cm³/mol. The van der Waals surface area contributed by atoms with Crippen molar-refractivity contribution in [3.63, 3.8) is 0 Å². The molecular weight excluding hydrogens is 212 g/mol. The van der Waals surface area contributed by atoms with Crippen LogP contribution in [0.3, 0.4) is 0 Å². The van der Waals surface area contributed by atoms with E-state index in [2.05, 4.69) is 0 Å². The molecule has 4 N–H and O–H groups in total. The van der Waals surface area contributed by atoms with Crippen LogP contribution in [0.15, 0.2) is 0 Å². The van der Waals surface area contributed by atoms with E-state index in [0.717, 1.165) is 18.9 Å². The molecule has 0 saturated heterocycles. The first-order chi connectivity index (χ1) is 7.17. The molecule has 1 atom stereocenters. The zero-order valence-corrected chi connectivity index (χ0v) is 11.0. The van der Waals surface area contributed by atoms with Gasteiger partial charge in [0.05, 0.1) is 0 Å². The van der Waals surface area contributed by atoms with Crippen LogP contribution in [0.25, 0.3) is 0 Å². The van der Waals surface area contributed by atoms with Gasteiger partial charge in [0.15, 0.2) is 0 Å². The molecule has 0 aliphatic heterocycles. The molecule has 0 aliphatic carbocycles. The summed E-state index contributed by atoms with van der Waals surface area (Å²) in [5.41, 5.74) is 11.2. The first kappa shape index (κ1) is 15.0. The predicted octanol–water partition coefficient (Wildman–Crippen LogP) is 0.178. The average Bonchev–Trinajstić information content (AvgIpc) is 2.30. The van der Waals surface area contributed by atoms with Crippen molar-refractivity contribution >= 4 is 8.80 Å². The van der Waals surface area contributed by atoms with Crippen LogP contribution in [0.4, 0.5) is 0 Å². The number of nitrogens with two attached hydrogens (primary N) is 2. The molecule has 1 unspecified atom stereocenters. The van der Waals surface area contributed by atoms with Crippen molar-refractivity contribution in [3.05, 3.63) is 0 Å². The summed E-state index contributed by atoms with van der Waals surface area (Å²) in [5.74, 6) is 0.361. The van der Waals surface area contributed by atoms with Crippen LogP contribution in [0.1, 0.15) is 12.8 Å². The molecule has 0 aliphatic rings. The van der Waals surface area contributed by atoms with Crippen molar-refractivity contribution < 1.29 is 13.3 Å². The first-order valence-electron chi connectivity index (χ1n) is 5.23. The van der Waals surface area contributed by atoms with E-state index in [0.29, 0.717) is 19.0 Å². The minimum atomic E-state index is -2.47. The zero-order valence-electron chi connectivity index (χ0n) is 9.99. The Morgan fingerprint density at radius 2 is 1.60 bits per heavy atom. The number of hydrogen-bond acceptors (Lipinski definition) is 5. The van der Waals surface area contributed by atoms with Crippen LogP contribution in [0.2, 0.25) is 6.04 Å². The normalized spacial score (nSPS) is 14.2. The highest BCUT2D eigenvalue weighted by atomic mass is 28.4. The monoisotopic (exact) mass is 236 g/mol. The lowest BCUT2D eigenvalue weighted by molar-refractivity contribution is 0.117. The second-order valence-corrected chi connectivity index (χ2v) is 6.53. The molecule has 0 amide bonds. The summed E-state index contributed by atoms with van der Waals surface area (Å²) in [6.07, 6.45) is 1.97. The minimum Gasteiger partial charge on any atom is -0.377 e. The molecule has 92 valence electrons. The number of hydrogen-bond donors (Lipinski definition) is 2. The molecule has 0 fully saturated rings. The van der Waals surface area contributed by atoms with E-state index in [9.17, 15) is 0 Å². The number of rotatable bonds is 9. The average molecular weight is 236 g/mol. The summed E-state index contributed by atoms with van der Waals surface area (Å²) in [4.78, 5) is 0. The van der Waals surface area contributed by atoms with E-state index in [1.165, 1.54) is 0 Å². The van der Waals surface area contributed by atoms with Crippen molar-refractivity contribution in [1.29, 1.82) is 0 Å². The Morgan fingerprint density at radius 3 is 1.93 bits per heavy atom. The Kier molecular flexibility index (Phi) is 8.21. The summed E-state index contributed by atoms with van der Waals surface area (Å²) in [7, 11) is 2.39. The highest BCUT2D eigenvalue weighted by Gasteiger charge is 2.39. The van der Waals surface area contributed by atoms with Crippen molar-refractivity contribution in [3.8, 4) is 0 Å². The van der Waals surface area contributed by atoms with Crippen LogP contribution < -0.4 is 11.5 Å². The zero-order chi connectivity index (χ0) is 11.7. The van der Waals surface area contributed by atoms with E-state index in [-0.39, 0.29) is 0 Å². The maximum Gasteiger partial charge on any atom is 0.500 e. The van der Waals surface area contributed by atoms with Gasteiger partial charge < -0.3 is 24.7 Å². The van der Waals surface area contributed by atoms with Gasteiger partial charge in [0.25, 0.3) is 0 Å². The summed E-state index contributed by atoms with van der Waals surface area (Å²) >= 11 is 0. The minimum absolute atomic E-state index is 0.361. The summed E-state index contributed by atoms with van der Waals surface area (Å²) < 4.78 is 16.1. The summed E-state index contributed by atoms with van der Waals surface area (Å²) in [6, 6.07) is 0.757. The van der Waals surface area contributed by atoms with Crippen LogP contribution in [0, 0.1) is 5.92 Å². The van der Waals surface area contributed by atoms with Gasteiger partial charge in [-0.25, -0.2) is 0 Å². The third-order valence-corrected chi connectivity index (χ3v) is 5.56. The topological polar surface area (TPSA) is 79.7 Å².